The minimum Gasteiger partial charge on any atom is -0.483 e. The van der Waals surface area contributed by atoms with Gasteiger partial charge in [0.2, 0.25) is 0 Å². The standard InChI is InChI=1S/C21H23FN2O2S2/c22-16-5-7-17(8-6-16)23-9-11-24(12-10-23)20(25)15-26-19-4-2-1-3-18(19)21-27-13-14-28-21/h1-8,21H,9-15H2. The molecule has 28 heavy (non-hydrogen) atoms. The molecule has 0 unspecified atom stereocenters. The summed E-state index contributed by atoms with van der Waals surface area (Å²) < 4.78 is 19.4. The minimum absolute atomic E-state index is 0.0142. The molecule has 2 saturated heterocycles. The number of para-hydroxylation sites is 1. The zero-order valence-corrected chi connectivity index (χ0v) is 17.2. The lowest BCUT2D eigenvalue weighted by molar-refractivity contribution is -0.133. The predicted octanol–water partition coefficient (Wildman–Crippen LogP) is 4.03. The van der Waals surface area contributed by atoms with E-state index in [1.54, 1.807) is 12.1 Å². The number of hydrogen-bond acceptors (Lipinski definition) is 5. The minimum atomic E-state index is -0.232. The van der Waals surface area contributed by atoms with Gasteiger partial charge in [-0.05, 0) is 30.3 Å². The van der Waals surface area contributed by atoms with Crippen molar-refractivity contribution in [2.24, 2.45) is 0 Å². The summed E-state index contributed by atoms with van der Waals surface area (Å²) in [6.45, 7) is 2.84. The number of nitrogens with zero attached hydrogens (tertiary/aromatic N) is 2. The van der Waals surface area contributed by atoms with Gasteiger partial charge in [-0.15, -0.1) is 23.5 Å². The lowest BCUT2D eigenvalue weighted by Gasteiger charge is -2.36. The first-order valence-corrected chi connectivity index (χ1v) is 11.5. The molecule has 7 heteroatoms. The predicted molar refractivity (Wildman–Crippen MR) is 115 cm³/mol. The lowest BCUT2D eigenvalue weighted by Crippen LogP contribution is -2.50. The molecule has 2 fully saturated rings. The summed E-state index contributed by atoms with van der Waals surface area (Å²) in [7, 11) is 0. The molecule has 4 rings (SSSR count). The van der Waals surface area contributed by atoms with Crippen molar-refractivity contribution in [3.8, 4) is 5.75 Å². The summed E-state index contributed by atoms with van der Waals surface area (Å²) in [6, 6.07) is 14.5. The Balaban J connectivity index is 1.30. The molecule has 0 atom stereocenters. The molecular weight excluding hydrogens is 395 g/mol. The third-order valence-electron chi connectivity index (χ3n) is 4.97. The fourth-order valence-corrected chi connectivity index (χ4v) is 6.35. The Kier molecular flexibility index (Phi) is 6.32. The number of benzene rings is 2. The van der Waals surface area contributed by atoms with Gasteiger partial charge in [-0.1, -0.05) is 18.2 Å². The lowest BCUT2D eigenvalue weighted by atomic mass is 10.2. The van der Waals surface area contributed by atoms with E-state index in [0.717, 1.165) is 36.0 Å². The van der Waals surface area contributed by atoms with Gasteiger partial charge in [0, 0.05) is 48.9 Å². The summed E-state index contributed by atoms with van der Waals surface area (Å²) in [5.74, 6) is 2.90. The van der Waals surface area contributed by atoms with Crippen LogP contribution in [0.2, 0.25) is 0 Å². The maximum Gasteiger partial charge on any atom is 0.260 e. The van der Waals surface area contributed by atoms with E-state index in [9.17, 15) is 9.18 Å². The van der Waals surface area contributed by atoms with Crippen LogP contribution in [-0.4, -0.2) is 55.1 Å². The zero-order valence-electron chi connectivity index (χ0n) is 15.6. The molecule has 0 aromatic heterocycles. The second-order valence-electron chi connectivity index (χ2n) is 6.74. The number of thioether (sulfide) groups is 2. The fourth-order valence-electron chi connectivity index (χ4n) is 3.44. The van der Waals surface area contributed by atoms with Crippen LogP contribution in [0.15, 0.2) is 48.5 Å². The number of ether oxygens (including phenoxy) is 1. The van der Waals surface area contributed by atoms with Crippen LogP contribution in [0.3, 0.4) is 0 Å². The Bertz CT molecular complexity index is 804. The Labute approximate surface area is 173 Å². The zero-order chi connectivity index (χ0) is 19.3. The molecule has 0 saturated carbocycles. The Hall–Kier alpha value is -1.86. The number of piperazine rings is 1. The molecule has 2 aliphatic heterocycles. The van der Waals surface area contributed by atoms with E-state index in [1.807, 2.05) is 46.6 Å². The first kappa shape index (κ1) is 19.5. The Morgan fingerprint density at radius 3 is 2.39 bits per heavy atom. The average molecular weight is 419 g/mol. The fraction of sp³-hybridized carbons (Fsp3) is 0.381. The summed E-state index contributed by atoms with van der Waals surface area (Å²) in [4.78, 5) is 16.6. The normalized spacial score (nSPS) is 17.8. The van der Waals surface area contributed by atoms with Crippen LogP contribution in [0.1, 0.15) is 10.1 Å². The van der Waals surface area contributed by atoms with Gasteiger partial charge in [-0.3, -0.25) is 4.79 Å². The molecule has 148 valence electrons. The highest BCUT2D eigenvalue weighted by molar-refractivity contribution is 8.19. The molecule has 2 aromatic carbocycles. The van der Waals surface area contributed by atoms with E-state index < -0.39 is 0 Å². The van der Waals surface area contributed by atoms with Gasteiger partial charge in [0.1, 0.15) is 11.6 Å². The van der Waals surface area contributed by atoms with Crippen molar-refractivity contribution in [1.29, 1.82) is 0 Å². The number of anilines is 1. The maximum atomic E-state index is 13.1. The highest BCUT2D eigenvalue weighted by Crippen LogP contribution is 2.48. The van der Waals surface area contributed by atoms with E-state index in [0.29, 0.717) is 17.7 Å². The van der Waals surface area contributed by atoms with Crippen molar-refractivity contribution >= 4 is 35.1 Å². The number of carbonyl (C=O) groups excluding carboxylic acids is 1. The SMILES string of the molecule is O=C(COc1ccccc1C1SCCS1)N1CCN(c2ccc(F)cc2)CC1. The first-order chi connectivity index (χ1) is 13.7. The van der Waals surface area contributed by atoms with E-state index in [1.165, 1.54) is 17.7 Å². The number of halogens is 1. The van der Waals surface area contributed by atoms with Gasteiger partial charge in [0.05, 0.1) is 4.58 Å². The largest absolute Gasteiger partial charge is 0.483 e. The quantitative estimate of drug-likeness (QED) is 0.732. The maximum absolute atomic E-state index is 13.1. The number of hydrogen-bond donors (Lipinski definition) is 0. The van der Waals surface area contributed by atoms with Gasteiger partial charge < -0.3 is 14.5 Å². The number of carbonyl (C=O) groups is 1. The van der Waals surface area contributed by atoms with Crippen molar-refractivity contribution in [2.75, 3.05) is 49.2 Å². The molecule has 0 spiro atoms. The Morgan fingerprint density at radius 2 is 1.68 bits per heavy atom. The summed E-state index contributed by atoms with van der Waals surface area (Å²) in [6.07, 6.45) is 0. The van der Waals surface area contributed by atoms with Crippen LogP contribution < -0.4 is 9.64 Å². The third kappa shape index (κ3) is 4.58. The van der Waals surface area contributed by atoms with Crippen LogP contribution in [0.5, 0.6) is 5.75 Å². The molecule has 0 bridgehead atoms. The highest BCUT2D eigenvalue weighted by atomic mass is 32.2. The van der Waals surface area contributed by atoms with Crippen molar-refractivity contribution < 1.29 is 13.9 Å². The molecule has 1 amide bonds. The van der Waals surface area contributed by atoms with Gasteiger partial charge in [-0.25, -0.2) is 4.39 Å². The van der Waals surface area contributed by atoms with Gasteiger partial charge in [0.25, 0.3) is 5.91 Å². The summed E-state index contributed by atoms with van der Waals surface area (Å²) in [5, 5.41) is 0. The molecule has 2 heterocycles. The van der Waals surface area contributed by atoms with E-state index in [2.05, 4.69) is 11.0 Å². The van der Waals surface area contributed by atoms with Crippen LogP contribution in [0.4, 0.5) is 10.1 Å². The molecule has 0 radical (unpaired) electrons. The van der Waals surface area contributed by atoms with E-state index in [4.69, 9.17) is 4.74 Å². The van der Waals surface area contributed by atoms with E-state index >= 15 is 0 Å². The number of amides is 1. The topological polar surface area (TPSA) is 32.8 Å². The smallest absolute Gasteiger partial charge is 0.260 e. The molecule has 2 aromatic rings. The molecule has 4 nitrogen and oxygen atoms in total. The van der Waals surface area contributed by atoms with Crippen LogP contribution in [0, 0.1) is 5.82 Å². The van der Waals surface area contributed by atoms with Gasteiger partial charge in [0.15, 0.2) is 6.61 Å². The van der Waals surface area contributed by atoms with Gasteiger partial charge >= 0.3 is 0 Å². The second-order valence-corrected chi connectivity index (χ2v) is 9.47. The Morgan fingerprint density at radius 1 is 1.00 bits per heavy atom. The highest BCUT2D eigenvalue weighted by Gasteiger charge is 2.24. The molecule has 0 aliphatic carbocycles. The van der Waals surface area contributed by atoms with Crippen LogP contribution in [0.25, 0.3) is 0 Å². The third-order valence-corrected chi connectivity index (χ3v) is 8.04. The first-order valence-electron chi connectivity index (χ1n) is 9.44. The summed E-state index contributed by atoms with van der Waals surface area (Å²) in [5.41, 5.74) is 2.16. The van der Waals surface area contributed by atoms with Crippen LogP contribution in [-0.2, 0) is 4.79 Å². The number of rotatable bonds is 5. The second kappa shape index (κ2) is 9.09. The molecule has 2 aliphatic rings. The van der Waals surface area contributed by atoms with Crippen molar-refractivity contribution in [1.82, 2.24) is 4.90 Å². The molecule has 0 N–H and O–H groups in total. The van der Waals surface area contributed by atoms with Crippen molar-refractivity contribution in [3.63, 3.8) is 0 Å². The molecular formula is C21H23FN2O2S2. The van der Waals surface area contributed by atoms with Gasteiger partial charge in [-0.2, -0.15) is 0 Å². The van der Waals surface area contributed by atoms with Crippen molar-refractivity contribution in [3.05, 3.63) is 59.9 Å². The van der Waals surface area contributed by atoms with E-state index in [-0.39, 0.29) is 18.3 Å². The average Bonchev–Trinajstić information content (AvgIpc) is 3.28. The van der Waals surface area contributed by atoms with Crippen molar-refractivity contribution in [2.45, 2.75) is 4.58 Å². The summed E-state index contributed by atoms with van der Waals surface area (Å²) >= 11 is 3.86. The van der Waals surface area contributed by atoms with Crippen LogP contribution >= 0.6 is 23.5 Å². The monoisotopic (exact) mass is 418 g/mol.